The Morgan fingerprint density at radius 1 is 1.13 bits per heavy atom. The summed E-state index contributed by atoms with van der Waals surface area (Å²) in [5.41, 5.74) is 0.844. The van der Waals surface area contributed by atoms with Crippen molar-refractivity contribution >= 4 is 0 Å². The van der Waals surface area contributed by atoms with Gasteiger partial charge >= 0.3 is 0 Å². The van der Waals surface area contributed by atoms with Gasteiger partial charge in [-0.25, -0.2) is 9.37 Å². The maximum atomic E-state index is 12.9. The smallest absolute Gasteiger partial charge is 0.238 e. The molecule has 3 rings (SSSR count). The van der Waals surface area contributed by atoms with Crippen LogP contribution in [0.5, 0.6) is 11.6 Å². The van der Waals surface area contributed by atoms with Crippen LogP contribution >= 0.6 is 0 Å². The summed E-state index contributed by atoms with van der Waals surface area (Å²) in [6, 6.07) is 5.86. The standard InChI is InChI=1S/C18H22FN3O/c19-15-5-7-17(8-6-15)23-18-13-21-12-16(22-18)11-20-10-9-14-3-1-2-4-14/h5-8,12-14,20H,1-4,9-11H2. The maximum absolute atomic E-state index is 12.9. The molecule has 1 saturated carbocycles. The molecule has 1 heterocycles. The van der Waals surface area contributed by atoms with Gasteiger partial charge in [-0.2, -0.15) is 0 Å². The number of halogens is 1. The van der Waals surface area contributed by atoms with E-state index in [0.29, 0.717) is 18.2 Å². The lowest BCUT2D eigenvalue weighted by atomic mass is 10.0. The predicted molar refractivity (Wildman–Crippen MR) is 86.8 cm³/mol. The van der Waals surface area contributed by atoms with Gasteiger partial charge in [0.05, 0.1) is 11.9 Å². The van der Waals surface area contributed by atoms with E-state index in [2.05, 4.69) is 15.3 Å². The molecular weight excluding hydrogens is 293 g/mol. The molecule has 0 radical (unpaired) electrons. The number of rotatable bonds is 7. The van der Waals surface area contributed by atoms with Crippen LogP contribution in [0, 0.1) is 11.7 Å². The van der Waals surface area contributed by atoms with Crippen LogP contribution in [0.15, 0.2) is 36.7 Å². The first kappa shape index (κ1) is 15.9. The Kier molecular flexibility index (Phi) is 5.53. The molecule has 1 fully saturated rings. The topological polar surface area (TPSA) is 47.0 Å². The molecule has 0 unspecified atom stereocenters. The molecule has 23 heavy (non-hydrogen) atoms. The van der Waals surface area contributed by atoms with Crippen LogP contribution in [0.4, 0.5) is 4.39 Å². The van der Waals surface area contributed by atoms with E-state index >= 15 is 0 Å². The van der Waals surface area contributed by atoms with Gasteiger partial charge in [-0.3, -0.25) is 4.98 Å². The quantitative estimate of drug-likeness (QED) is 0.782. The second kappa shape index (κ2) is 8.02. The molecule has 1 aromatic carbocycles. The second-order valence-electron chi connectivity index (χ2n) is 6.02. The van der Waals surface area contributed by atoms with E-state index in [1.165, 1.54) is 44.2 Å². The lowest BCUT2D eigenvalue weighted by Crippen LogP contribution is -2.18. The van der Waals surface area contributed by atoms with E-state index in [1.807, 2.05) is 0 Å². The minimum absolute atomic E-state index is 0.288. The zero-order chi connectivity index (χ0) is 15.9. The van der Waals surface area contributed by atoms with E-state index in [9.17, 15) is 4.39 Å². The first-order chi connectivity index (χ1) is 11.3. The number of ether oxygens (including phenoxy) is 1. The monoisotopic (exact) mass is 315 g/mol. The number of benzene rings is 1. The molecule has 0 atom stereocenters. The molecule has 122 valence electrons. The first-order valence-electron chi connectivity index (χ1n) is 8.24. The summed E-state index contributed by atoms with van der Waals surface area (Å²) in [4.78, 5) is 8.57. The molecule has 0 saturated heterocycles. The van der Waals surface area contributed by atoms with Gasteiger partial charge in [0, 0.05) is 12.7 Å². The zero-order valence-electron chi connectivity index (χ0n) is 13.2. The largest absolute Gasteiger partial charge is 0.437 e. The van der Waals surface area contributed by atoms with E-state index in [4.69, 9.17) is 4.74 Å². The van der Waals surface area contributed by atoms with Crippen molar-refractivity contribution in [2.24, 2.45) is 5.92 Å². The molecule has 2 aromatic rings. The van der Waals surface area contributed by atoms with E-state index in [1.54, 1.807) is 24.5 Å². The fourth-order valence-electron chi connectivity index (χ4n) is 2.97. The Bertz CT molecular complexity index is 612. The van der Waals surface area contributed by atoms with Crippen molar-refractivity contribution in [1.29, 1.82) is 0 Å². The minimum Gasteiger partial charge on any atom is -0.437 e. The molecule has 0 amide bonds. The van der Waals surface area contributed by atoms with Gasteiger partial charge in [0.25, 0.3) is 0 Å². The predicted octanol–water partition coefficient (Wildman–Crippen LogP) is 4.08. The van der Waals surface area contributed by atoms with Crippen molar-refractivity contribution in [3.8, 4) is 11.6 Å². The van der Waals surface area contributed by atoms with Crippen LogP contribution in [-0.4, -0.2) is 16.5 Å². The lowest BCUT2D eigenvalue weighted by Gasteiger charge is -2.10. The van der Waals surface area contributed by atoms with Crippen molar-refractivity contribution in [2.45, 2.75) is 38.6 Å². The number of nitrogens with zero attached hydrogens (tertiary/aromatic N) is 2. The first-order valence-corrected chi connectivity index (χ1v) is 8.24. The van der Waals surface area contributed by atoms with Crippen molar-refractivity contribution in [2.75, 3.05) is 6.54 Å². The summed E-state index contributed by atoms with van der Waals surface area (Å²) < 4.78 is 18.5. The van der Waals surface area contributed by atoms with Gasteiger partial charge in [-0.1, -0.05) is 25.7 Å². The van der Waals surface area contributed by atoms with Gasteiger partial charge in [0.1, 0.15) is 11.6 Å². The highest BCUT2D eigenvalue weighted by Crippen LogP contribution is 2.26. The van der Waals surface area contributed by atoms with Crippen LogP contribution in [0.3, 0.4) is 0 Å². The summed E-state index contributed by atoms with van der Waals surface area (Å²) in [5.74, 6) is 1.57. The third-order valence-electron chi connectivity index (χ3n) is 4.21. The second-order valence-corrected chi connectivity index (χ2v) is 6.02. The SMILES string of the molecule is Fc1ccc(Oc2cncc(CNCCC3CCCC3)n2)cc1. The Morgan fingerprint density at radius 3 is 2.70 bits per heavy atom. The highest BCUT2D eigenvalue weighted by molar-refractivity contribution is 5.26. The number of hydrogen-bond donors (Lipinski definition) is 1. The fourth-order valence-corrected chi connectivity index (χ4v) is 2.97. The highest BCUT2D eigenvalue weighted by atomic mass is 19.1. The van der Waals surface area contributed by atoms with Crippen LogP contribution in [0.25, 0.3) is 0 Å². The zero-order valence-corrected chi connectivity index (χ0v) is 13.2. The maximum Gasteiger partial charge on any atom is 0.238 e. The molecular formula is C18H22FN3O. The molecule has 1 aromatic heterocycles. The summed E-state index contributed by atoms with van der Waals surface area (Å²) in [7, 11) is 0. The lowest BCUT2D eigenvalue weighted by molar-refractivity contribution is 0.451. The Balaban J connectivity index is 1.47. The molecule has 0 aliphatic heterocycles. The number of nitrogens with one attached hydrogen (secondary N) is 1. The molecule has 1 aliphatic carbocycles. The summed E-state index contributed by atoms with van der Waals surface area (Å²) in [6.45, 7) is 1.69. The summed E-state index contributed by atoms with van der Waals surface area (Å²) in [6.07, 6.45) is 10.1. The van der Waals surface area contributed by atoms with E-state index < -0.39 is 0 Å². The molecule has 1 N–H and O–H groups in total. The molecule has 1 aliphatic rings. The molecule has 4 nitrogen and oxygen atoms in total. The van der Waals surface area contributed by atoms with Crippen LogP contribution < -0.4 is 10.1 Å². The molecule has 0 bridgehead atoms. The Morgan fingerprint density at radius 2 is 1.91 bits per heavy atom. The fraction of sp³-hybridized carbons (Fsp3) is 0.444. The highest BCUT2D eigenvalue weighted by Gasteiger charge is 2.13. The van der Waals surface area contributed by atoms with E-state index in [0.717, 1.165) is 18.2 Å². The number of hydrogen-bond acceptors (Lipinski definition) is 4. The summed E-state index contributed by atoms with van der Waals surface area (Å²) >= 11 is 0. The molecule has 0 spiro atoms. The van der Waals surface area contributed by atoms with Gasteiger partial charge in [0.2, 0.25) is 5.88 Å². The normalized spacial score (nSPS) is 15.0. The van der Waals surface area contributed by atoms with Crippen LogP contribution in [0.2, 0.25) is 0 Å². The number of aromatic nitrogens is 2. The van der Waals surface area contributed by atoms with Crippen molar-refractivity contribution < 1.29 is 9.13 Å². The van der Waals surface area contributed by atoms with Gasteiger partial charge < -0.3 is 10.1 Å². The average Bonchev–Trinajstić information content (AvgIpc) is 3.08. The van der Waals surface area contributed by atoms with Crippen molar-refractivity contribution in [3.05, 3.63) is 48.2 Å². The third kappa shape index (κ3) is 4.99. The van der Waals surface area contributed by atoms with Gasteiger partial charge in [0.15, 0.2) is 0 Å². The Hall–Kier alpha value is -2.01. The van der Waals surface area contributed by atoms with Crippen molar-refractivity contribution in [1.82, 2.24) is 15.3 Å². The van der Waals surface area contributed by atoms with Gasteiger partial charge in [-0.05, 0) is 43.1 Å². The third-order valence-corrected chi connectivity index (χ3v) is 4.21. The van der Waals surface area contributed by atoms with Crippen LogP contribution in [-0.2, 0) is 6.54 Å². The Labute approximate surface area is 136 Å². The average molecular weight is 315 g/mol. The van der Waals surface area contributed by atoms with E-state index in [-0.39, 0.29) is 5.82 Å². The van der Waals surface area contributed by atoms with Crippen LogP contribution in [0.1, 0.15) is 37.8 Å². The molecule has 5 heteroatoms. The van der Waals surface area contributed by atoms with Crippen molar-refractivity contribution in [3.63, 3.8) is 0 Å². The minimum atomic E-state index is -0.288. The van der Waals surface area contributed by atoms with Gasteiger partial charge in [-0.15, -0.1) is 0 Å². The summed E-state index contributed by atoms with van der Waals surface area (Å²) in [5, 5.41) is 3.42.